The Hall–Kier alpha value is -2.69. The van der Waals surface area contributed by atoms with Gasteiger partial charge in [-0.2, -0.15) is 0 Å². The van der Waals surface area contributed by atoms with E-state index in [1.54, 1.807) is 6.20 Å². The van der Waals surface area contributed by atoms with Crippen LogP contribution < -0.4 is 11.1 Å². The lowest BCUT2D eigenvalue weighted by Gasteiger charge is -2.05. The van der Waals surface area contributed by atoms with Gasteiger partial charge in [0.1, 0.15) is 0 Å². The average molecular weight is 281 g/mol. The third kappa shape index (κ3) is 3.45. The summed E-state index contributed by atoms with van der Waals surface area (Å²) in [4.78, 5) is 4.03. The zero-order valence-electron chi connectivity index (χ0n) is 11.8. The van der Waals surface area contributed by atoms with Gasteiger partial charge in [-0.25, -0.2) is 4.98 Å². The molecule has 2 heterocycles. The van der Waals surface area contributed by atoms with Crippen molar-refractivity contribution in [2.75, 3.05) is 17.6 Å². The summed E-state index contributed by atoms with van der Waals surface area (Å²) in [6, 6.07) is 9.92. The minimum absolute atomic E-state index is 0.781. The Labute approximate surface area is 124 Å². The first-order valence-electron chi connectivity index (χ1n) is 7.05. The van der Waals surface area contributed by atoms with Crippen molar-refractivity contribution in [1.29, 1.82) is 0 Å². The molecule has 0 spiro atoms. The largest absolute Gasteiger partial charge is 0.399 e. The van der Waals surface area contributed by atoms with Crippen molar-refractivity contribution in [2.24, 2.45) is 0 Å². The molecule has 0 aliphatic carbocycles. The highest BCUT2D eigenvalue weighted by Gasteiger charge is 1.99. The number of nitrogen functional groups attached to an aromatic ring is 1. The number of anilines is 2. The van der Waals surface area contributed by atoms with Crippen LogP contribution in [0.3, 0.4) is 0 Å². The molecule has 21 heavy (non-hydrogen) atoms. The molecule has 0 bridgehead atoms. The van der Waals surface area contributed by atoms with Gasteiger partial charge < -0.3 is 20.2 Å². The molecule has 0 radical (unpaired) electrons. The van der Waals surface area contributed by atoms with Crippen LogP contribution in [0.2, 0.25) is 0 Å². The monoisotopic (exact) mass is 281 g/mol. The summed E-state index contributed by atoms with van der Waals surface area (Å²) in [5.41, 5.74) is 8.71. The number of aryl methyl sites for hydroxylation is 1. The lowest BCUT2D eigenvalue weighted by molar-refractivity contribution is 0.661. The normalized spacial score (nSPS) is 10.7. The van der Waals surface area contributed by atoms with Crippen molar-refractivity contribution >= 4 is 11.4 Å². The summed E-state index contributed by atoms with van der Waals surface area (Å²) in [6.45, 7) is 1.91. The molecular weight excluding hydrogens is 262 g/mol. The highest BCUT2D eigenvalue weighted by atomic mass is 15.0. The van der Waals surface area contributed by atoms with Gasteiger partial charge in [0.2, 0.25) is 0 Å². The molecule has 0 aliphatic rings. The average Bonchev–Trinajstić information content (AvgIpc) is 3.16. The van der Waals surface area contributed by atoms with Crippen molar-refractivity contribution in [2.45, 2.75) is 13.0 Å². The zero-order chi connectivity index (χ0) is 14.5. The number of aromatic nitrogens is 3. The summed E-state index contributed by atoms with van der Waals surface area (Å²) >= 11 is 0. The highest BCUT2D eigenvalue weighted by molar-refractivity contribution is 5.49. The fraction of sp³-hybridized carbons (Fsp3) is 0.188. The maximum atomic E-state index is 5.70. The lowest BCUT2D eigenvalue weighted by atomic mass is 10.3. The van der Waals surface area contributed by atoms with Crippen molar-refractivity contribution in [3.63, 3.8) is 0 Å². The van der Waals surface area contributed by atoms with E-state index in [9.17, 15) is 0 Å². The van der Waals surface area contributed by atoms with Crippen molar-refractivity contribution in [3.8, 4) is 5.69 Å². The van der Waals surface area contributed by atoms with Crippen LogP contribution in [0.4, 0.5) is 11.4 Å². The van der Waals surface area contributed by atoms with Gasteiger partial charge in [0.25, 0.3) is 0 Å². The molecule has 0 saturated carbocycles. The Kier molecular flexibility index (Phi) is 3.91. The molecule has 5 heteroatoms. The molecule has 2 aromatic heterocycles. The number of imidazole rings is 1. The smallest absolute Gasteiger partial charge is 0.0945 e. The molecule has 0 atom stereocenters. The SMILES string of the molecule is Nc1ccc(-n2ccc(NCCCn3ccnc3)c2)cc1. The minimum Gasteiger partial charge on any atom is -0.399 e. The van der Waals surface area contributed by atoms with Gasteiger partial charge in [-0.1, -0.05) is 0 Å². The highest BCUT2D eigenvalue weighted by Crippen LogP contribution is 2.15. The first-order chi connectivity index (χ1) is 10.3. The van der Waals surface area contributed by atoms with E-state index in [0.29, 0.717) is 0 Å². The van der Waals surface area contributed by atoms with Gasteiger partial charge in [0.15, 0.2) is 0 Å². The van der Waals surface area contributed by atoms with Crippen LogP contribution in [0.5, 0.6) is 0 Å². The Morgan fingerprint density at radius 3 is 2.71 bits per heavy atom. The number of nitrogens with two attached hydrogens (primary N) is 1. The van der Waals surface area contributed by atoms with Gasteiger partial charge in [-0.3, -0.25) is 0 Å². The number of hydrogen-bond acceptors (Lipinski definition) is 3. The molecule has 5 nitrogen and oxygen atoms in total. The van der Waals surface area contributed by atoms with Gasteiger partial charge >= 0.3 is 0 Å². The van der Waals surface area contributed by atoms with E-state index in [0.717, 1.165) is 36.6 Å². The van der Waals surface area contributed by atoms with E-state index < -0.39 is 0 Å². The van der Waals surface area contributed by atoms with Crippen molar-refractivity contribution in [1.82, 2.24) is 14.1 Å². The molecule has 0 saturated heterocycles. The topological polar surface area (TPSA) is 60.8 Å². The van der Waals surface area contributed by atoms with Crippen LogP contribution in [-0.4, -0.2) is 20.7 Å². The Morgan fingerprint density at radius 1 is 1.10 bits per heavy atom. The van der Waals surface area contributed by atoms with Crippen LogP contribution in [0.1, 0.15) is 6.42 Å². The second-order valence-corrected chi connectivity index (χ2v) is 4.98. The fourth-order valence-electron chi connectivity index (χ4n) is 2.22. The molecule has 1 aromatic carbocycles. The Balaban J connectivity index is 1.52. The molecule has 3 N–H and O–H groups in total. The Morgan fingerprint density at radius 2 is 1.95 bits per heavy atom. The van der Waals surface area contributed by atoms with E-state index >= 15 is 0 Å². The molecule has 108 valence electrons. The molecule has 0 fully saturated rings. The second kappa shape index (κ2) is 6.17. The minimum atomic E-state index is 0.781. The first-order valence-corrected chi connectivity index (χ1v) is 7.05. The molecule has 3 rings (SSSR count). The molecule has 3 aromatic rings. The van der Waals surface area contributed by atoms with E-state index in [2.05, 4.69) is 31.7 Å². The standard InChI is InChI=1S/C16H19N5/c17-14-2-4-16(5-3-14)21-10-6-15(12-21)19-7-1-9-20-11-8-18-13-20/h2-6,8,10-13,19H,1,7,9,17H2. The second-order valence-electron chi connectivity index (χ2n) is 4.98. The van der Waals surface area contributed by atoms with Crippen LogP contribution in [0.25, 0.3) is 5.69 Å². The fourth-order valence-corrected chi connectivity index (χ4v) is 2.22. The van der Waals surface area contributed by atoms with E-state index in [1.807, 2.05) is 43.0 Å². The Bertz CT molecular complexity index is 667. The number of rotatable bonds is 6. The van der Waals surface area contributed by atoms with Crippen LogP contribution in [0.15, 0.2) is 61.4 Å². The third-order valence-electron chi connectivity index (χ3n) is 3.37. The number of nitrogens with zero attached hydrogens (tertiary/aromatic N) is 3. The molecular formula is C16H19N5. The predicted octanol–water partition coefficient (Wildman–Crippen LogP) is 2.76. The van der Waals surface area contributed by atoms with E-state index in [4.69, 9.17) is 5.73 Å². The van der Waals surface area contributed by atoms with Crippen LogP contribution in [0, 0.1) is 0 Å². The van der Waals surface area contributed by atoms with Crippen molar-refractivity contribution in [3.05, 3.63) is 61.4 Å². The molecule has 0 amide bonds. The maximum Gasteiger partial charge on any atom is 0.0945 e. The van der Waals surface area contributed by atoms with Crippen LogP contribution in [-0.2, 0) is 6.54 Å². The summed E-state index contributed by atoms with van der Waals surface area (Å²) in [5, 5.41) is 3.43. The van der Waals surface area contributed by atoms with Crippen LogP contribution >= 0.6 is 0 Å². The summed E-state index contributed by atoms with van der Waals surface area (Å²) in [6.07, 6.45) is 10.8. The lowest BCUT2D eigenvalue weighted by Crippen LogP contribution is -2.05. The summed E-state index contributed by atoms with van der Waals surface area (Å²) in [5.74, 6) is 0. The van der Waals surface area contributed by atoms with Gasteiger partial charge in [0.05, 0.1) is 12.0 Å². The molecule has 0 unspecified atom stereocenters. The van der Waals surface area contributed by atoms with E-state index in [1.165, 1.54) is 0 Å². The maximum absolute atomic E-state index is 5.70. The first kappa shape index (κ1) is 13.3. The van der Waals surface area contributed by atoms with Gasteiger partial charge in [0, 0.05) is 49.3 Å². The zero-order valence-corrected chi connectivity index (χ0v) is 11.8. The number of nitrogens with one attached hydrogen (secondary N) is 1. The quantitative estimate of drug-likeness (QED) is 0.539. The number of hydrogen-bond donors (Lipinski definition) is 2. The molecule has 0 aliphatic heterocycles. The summed E-state index contributed by atoms with van der Waals surface area (Å²) < 4.78 is 4.17. The summed E-state index contributed by atoms with van der Waals surface area (Å²) in [7, 11) is 0. The van der Waals surface area contributed by atoms with Gasteiger partial charge in [-0.15, -0.1) is 0 Å². The number of benzene rings is 1. The van der Waals surface area contributed by atoms with E-state index in [-0.39, 0.29) is 0 Å². The third-order valence-corrected chi connectivity index (χ3v) is 3.37. The van der Waals surface area contributed by atoms with Gasteiger partial charge in [-0.05, 0) is 36.8 Å². The predicted molar refractivity (Wildman–Crippen MR) is 85.5 cm³/mol. The van der Waals surface area contributed by atoms with Crippen molar-refractivity contribution < 1.29 is 0 Å².